The van der Waals surface area contributed by atoms with E-state index in [2.05, 4.69) is 21.7 Å². The molecule has 2 N–H and O–H groups in total. The zero-order valence-electron chi connectivity index (χ0n) is 12.5. The highest BCUT2D eigenvalue weighted by atomic mass is 32.1. The Morgan fingerprint density at radius 1 is 1.41 bits per heavy atom. The van der Waals surface area contributed by atoms with Gasteiger partial charge < -0.3 is 10.4 Å². The highest BCUT2D eigenvalue weighted by Crippen LogP contribution is 2.23. The second-order valence-corrected chi connectivity index (χ2v) is 6.55. The maximum atomic E-state index is 12.4. The third-order valence-corrected chi connectivity index (χ3v) is 4.90. The zero-order valence-corrected chi connectivity index (χ0v) is 13.3. The summed E-state index contributed by atoms with van der Waals surface area (Å²) in [4.78, 5) is 14.5. The minimum absolute atomic E-state index is 0.0472. The molecule has 2 aromatic rings. The van der Waals surface area contributed by atoms with Crippen LogP contribution in [0.25, 0.3) is 11.1 Å². The number of carbonyl (C=O) groups is 1. The predicted molar refractivity (Wildman–Crippen MR) is 89.1 cm³/mol. The average molecular weight is 316 g/mol. The Morgan fingerprint density at radius 2 is 2.27 bits per heavy atom. The standard InChI is InChI=1S/C17H20N2O2S/c1-19-9-15(8-16(19)10-20)18-17(21)13-4-2-3-12(7-13)14-5-6-22-11-14/h2-7,11,15-16,20H,8-10H2,1H3,(H,18,21)/t15-,16+/m1/s1. The fourth-order valence-electron chi connectivity index (χ4n) is 2.94. The van der Waals surface area contributed by atoms with E-state index in [0.717, 1.165) is 24.1 Å². The number of hydrogen-bond acceptors (Lipinski definition) is 4. The van der Waals surface area contributed by atoms with Crippen LogP contribution in [0.2, 0.25) is 0 Å². The number of rotatable bonds is 4. The molecule has 0 saturated carbocycles. The highest BCUT2D eigenvalue weighted by molar-refractivity contribution is 7.08. The first-order valence-corrected chi connectivity index (χ1v) is 8.36. The van der Waals surface area contributed by atoms with Gasteiger partial charge in [0.15, 0.2) is 0 Å². The molecule has 0 unspecified atom stereocenters. The van der Waals surface area contributed by atoms with Gasteiger partial charge in [0.1, 0.15) is 0 Å². The van der Waals surface area contributed by atoms with Crippen molar-refractivity contribution in [1.29, 1.82) is 0 Å². The van der Waals surface area contributed by atoms with Crippen molar-refractivity contribution in [3.8, 4) is 11.1 Å². The lowest BCUT2D eigenvalue weighted by molar-refractivity contribution is 0.0938. The lowest BCUT2D eigenvalue weighted by atomic mass is 10.1. The quantitative estimate of drug-likeness (QED) is 0.909. The number of aliphatic hydroxyl groups excluding tert-OH is 1. The Hall–Kier alpha value is -1.69. The van der Waals surface area contributed by atoms with Gasteiger partial charge in [0.05, 0.1) is 6.61 Å². The van der Waals surface area contributed by atoms with Crippen molar-refractivity contribution in [2.75, 3.05) is 20.2 Å². The number of amides is 1. The van der Waals surface area contributed by atoms with E-state index in [-0.39, 0.29) is 24.6 Å². The molecule has 1 aliphatic heterocycles. The first kappa shape index (κ1) is 15.2. The molecule has 1 saturated heterocycles. The van der Waals surface area contributed by atoms with Gasteiger partial charge in [0.2, 0.25) is 0 Å². The maximum absolute atomic E-state index is 12.4. The van der Waals surface area contributed by atoms with Gasteiger partial charge in [0, 0.05) is 24.2 Å². The molecular formula is C17H20N2O2S. The van der Waals surface area contributed by atoms with E-state index in [1.54, 1.807) is 11.3 Å². The molecule has 2 atom stereocenters. The largest absolute Gasteiger partial charge is 0.395 e. The van der Waals surface area contributed by atoms with Crippen molar-refractivity contribution in [2.45, 2.75) is 18.5 Å². The molecule has 4 nitrogen and oxygen atoms in total. The van der Waals surface area contributed by atoms with E-state index in [1.807, 2.05) is 36.7 Å². The van der Waals surface area contributed by atoms with Crippen molar-refractivity contribution in [2.24, 2.45) is 0 Å². The molecule has 1 fully saturated rings. The van der Waals surface area contributed by atoms with Crippen LogP contribution >= 0.6 is 11.3 Å². The minimum atomic E-state index is -0.0472. The summed E-state index contributed by atoms with van der Waals surface area (Å²) in [6.45, 7) is 0.914. The Kier molecular flexibility index (Phi) is 4.57. The number of likely N-dealkylation sites (tertiary alicyclic amines) is 1. The molecule has 5 heteroatoms. The SMILES string of the molecule is CN1C[C@H](NC(=O)c2cccc(-c3ccsc3)c2)C[C@H]1CO. The van der Waals surface area contributed by atoms with Crippen molar-refractivity contribution in [3.63, 3.8) is 0 Å². The molecule has 0 bridgehead atoms. The summed E-state index contributed by atoms with van der Waals surface area (Å²) in [5, 5.41) is 16.5. The molecule has 0 radical (unpaired) electrons. The van der Waals surface area contributed by atoms with Gasteiger partial charge in [-0.3, -0.25) is 9.69 Å². The van der Waals surface area contributed by atoms with Crippen molar-refractivity contribution < 1.29 is 9.90 Å². The van der Waals surface area contributed by atoms with Crippen LogP contribution in [0.15, 0.2) is 41.1 Å². The number of nitrogens with one attached hydrogen (secondary N) is 1. The van der Waals surface area contributed by atoms with E-state index in [9.17, 15) is 9.90 Å². The first-order valence-electron chi connectivity index (χ1n) is 7.42. The van der Waals surface area contributed by atoms with E-state index < -0.39 is 0 Å². The molecule has 1 amide bonds. The van der Waals surface area contributed by atoms with Crippen LogP contribution in [0.1, 0.15) is 16.8 Å². The minimum Gasteiger partial charge on any atom is -0.395 e. The van der Waals surface area contributed by atoms with E-state index in [4.69, 9.17) is 0 Å². The number of thiophene rings is 1. The van der Waals surface area contributed by atoms with Gasteiger partial charge >= 0.3 is 0 Å². The average Bonchev–Trinajstić information content (AvgIpc) is 3.17. The summed E-state index contributed by atoms with van der Waals surface area (Å²) in [7, 11) is 1.98. The van der Waals surface area contributed by atoms with E-state index >= 15 is 0 Å². The number of aliphatic hydroxyl groups is 1. The van der Waals surface area contributed by atoms with Crippen LogP contribution in [0.5, 0.6) is 0 Å². The Balaban J connectivity index is 1.69. The predicted octanol–water partition coefficient (Wildman–Crippen LogP) is 2.21. The van der Waals surface area contributed by atoms with Crippen LogP contribution in [0.4, 0.5) is 0 Å². The third-order valence-electron chi connectivity index (χ3n) is 4.21. The lowest BCUT2D eigenvalue weighted by Crippen LogP contribution is -2.36. The highest BCUT2D eigenvalue weighted by Gasteiger charge is 2.29. The molecule has 1 aromatic carbocycles. The summed E-state index contributed by atoms with van der Waals surface area (Å²) in [6.07, 6.45) is 0.795. The molecule has 0 spiro atoms. The number of hydrogen-bond donors (Lipinski definition) is 2. The molecule has 22 heavy (non-hydrogen) atoms. The zero-order chi connectivity index (χ0) is 15.5. The Bertz CT molecular complexity index is 642. The van der Waals surface area contributed by atoms with Crippen LogP contribution in [0, 0.1) is 0 Å². The van der Waals surface area contributed by atoms with Gasteiger partial charge in [-0.25, -0.2) is 0 Å². The van der Waals surface area contributed by atoms with Gasteiger partial charge in [-0.05, 0) is 53.6 Å². The summed E-state index contributed by atoms with van der Waals surface area (Å²) in [5.41, 5.74) is 2.88. The van der Waals surface area contributed by atoms with E-state index in [0.29, 0.717) is 5.56 Å². The van der Waals surface area contributed by atoms with Gasteiger partial charge in [-0.2, -0.15) is 11.3 Å². The fourth-order valence-corrected chi connectivity index (χ4v) is 3.60. The number of carbonyl (C=O) groups excluding carboxylic acids is 1. The van der Waals surface area contributed by atoms with Crippen molar-refractivity contribution in [1.82, 2.24) is 10.2 Å². The molecule has 116 valence electrons. The molecular weight excluding hydrogens is 296 g/mol. The van der Waals surface area contributed by atoms with Gasteiger partial charge in [-0.1, -0.05) is 12.1 Å². The van der Waals surface area contributed by atoms with E-state index in [1.165, 1.54) is 0 Å². The number of nitrogens with zero attached hydrogens (tertiary/aromatic N) is 1. The van der Waals surface area contributed by atoms with Gasteiger partial charge in [0.25, 0.3) is 5.91 Å². The smallest absolute Gasteiger partial charge is 0.251 e. The van der Waals surface area contributed by atoms with Crippen LogP contribution in [-0.4, -0.2) is 48.2 Å². The summed E-state index contributed by atoms with van der Waals surface area (Å²) < 4.78 is 0. The molecule has 3 rings (SSSR count). The molecule has 1 aliphatic rings. The van der Waals surface area contributed by atoms with Gasteiger partial charge in [-0.15, -0.1) is 0 Å². The summed E-state index contributed by atoms with van der Waals surface area (Å²) >= 11 is 1.65. The van der Waals surface area contributed by atoms with Crippen LogP contribution in [-0.2, 0) is 0 Å². The normalized spacial score (nSPS) is 21.9. The fraction of sp³-hybridized carbons (Fsp3) is 0.353. The molecule has 0 aliphatic carbocycles. The molecule has 2 heterocycles. The summed E-state index contributed by atoms with van der Waals surface area (Å²) in [6, 6.07) is 10.00. The lowest BCUT2D eigenvalue weighted by Gasteiger charge is -2.15. The number of benzene rings is 1. The Labute approximate surface area is 134 Å². The maximum Gasteiger partial charge on any atom is 0.251 e. The second-order valence-electron chi connectivity index (χ2n) is 5.77. The first-order chi connectivity index (χ1) is 10.7. The monoisotopic (exact) mass is 316 g/mol. The third kappa shape index (κ3) is 3.21. The summed E-state index contributed by atoms with van der Waals surface area (Å²) in [5.74, 6) is -0.0472. The van der Waals surface area contributed by atoms with Crippen molar-refractivity contribution >= 4 is 17.2 Å². The molecule has 1 aromatic heterocycles. The van der Waals surface area contributed by atoms with Crippen LogP contribution in [0.3, 0.4) is 0 Å². The van der Waals surface area contributed by atoms with Crippen molar-refractivity contribution in [3.05, 3.63) is 46.7 Å². The number of likely N-dealkylation sites (N-methyl/N-ethyl adjacent to an activating group) is 1. The topological polar surface area (TPSA) is 52.6 Å². The van der Waals surface area contributed by atoms with Crippen LogP contribution < -0.4 is 5.32 Å². The second kappa shape index (κ2) is 6.60. The Morgan fingerprint density at radius 3 is 2.95 bits per heavy atom.